The summed E-state index contributed by atoms with van der Waals surface area (Å²) < 4.78 is 5.60. The molecule has 2 aromatic carbocycles. The van der Waals surface area contributed by atoms with Gasteiger partial charge in [0.15, 0.2) is 0 Å². The van der Waals surface area contributed by atoms with E-state index in [1.54, 1.807) is 0 Å². The van der Waals surface area contributed by atoms with Crippen LogP contribution in [0.1, 0.15) is 50.7 Å². The van der Waals surface area contributed by atoms with Gasteiger partial charge in [0.05, 0.1) is 6.54 Å². The molecule has 0 aliphatic heterocycles. The van der Waals surface area contributed by atoms with Gasteiger partial charge < -0.3 is 20.1 Å². The first-order valence-corrected chi connectivity index (χ1v) is 11.7. The lowest BCUT2D eigenvalue weighted by molar-refractivity contribution is -0.144. The Morgan fingerprint density at radius 3 is 2.17 bits per heavy atom. The first-order chi connectivity index (χ1) is 16.6. The first-order valence-electron chi connectivity index (χ1n) is 11.7. The van der Waals surface area contributed by atoms with Crippen molar-refractivity contribution < 1.29 is 24.2 Å². The lowest BCUT2D eigenvalue weighted by atomic mass is 9.88. The van der Waals surface area contributed by atoms with Crippen LogP contribution in [0.2, 0.25) is 0 Å². The molecule has 0 radical (unpaired) electrons. The third kappa shape index (κ3) is 6.63. The zero-order valence-corrected chi connectivity index (χ0v) is 20.4. The van der Waals surface area contributed by atoms with Crippen LogP contribution in [-0.4, -0.2) is 53.7 Å². The smallest absolute Gasteiger partial charge is 0.407 e. The van der Waals surface area contributed by atoms with Crippen molar-refractivity contribution >= 4 is 18.0 Å². The Bertz CT molecular complexity index is 1080. The van der Waals surface area contributed by atoms with E-state index in [-0.39, 0.29) is 24.5 Å². The van der Waals surface area contributed by atoms with Crippen LogP contribution in [0, 0.1) is 17.8 Å². The minimum absolute atomic E-state index is 0.0921. The molecule has 0 saturated heterocycles. The molecule has 1 aliphatic rings. The van der Waals surface area contributed by atoms with Crippen molar-refractivity contribution in [2.75, 3.05) is 19.7 Å². The first kappa shape index (κ1) is 25.8. The van der Waals surface area contributed by atoms with Crippen LogP contribution >= 0.6 is 0 Å². The van der Waals surface area contributed by atoms with E-state index in [1.807, 2.05) is 57.2 Å². The highest BCUT2D eigenvalue weighted by Gasteiger charge is 2.31. The summed E-state index contributed by atoms with van der Waals surface area (Å²) in [5.74, 6) is 0.489. The van der Waals surface area contributed by atoms with Crippen molar-refractivity contribution in [3.8, 4) is 23.5 Å². The number of alkyl carbamates (subject to hydrolysis) is 1. The van der Waals surface area contributed by atoms with E-state index in [9.17, 15) is 19.5 Å². The topological polar surface area (TPSA) is 95.9 Å². The fraction of sp³-hybridized carbons (Fsp3) is 0.393. The average Bonchev–Trinajstić information content (AvgIpc) is 3.12. The van der Waals surface area contributed by atoms with E-state index in [0.29, 0.717) is 12.8 Å². The Hall–Kier alpha value is -3.79. The van der Waals surface area contributed by atoms with Crippen molar-refractivity contribution in [1.29, 1.82) is 0 Å². The summed E-state index contributed by atoms with van der Waals surface area (Å²) in [4.78, 5) is 38.2. The van der Waals surface area contributed by atoms with Crippen molar-refractivity contribution in [3.63, 3.8) is 0 Å². The highest BCUT2D eigenvalue weighted by molar-refractivity contribution is 5.88. The number of carboxylic acid groups (broad SMARTS) is 1. The third-order valence-electron chi connectivity index (χ3n) is 6.04. The highest BCUT2D eigenvalue weighted by atomic mass is 16.5. The second kappa shape index (κ2) is 11.1. The van der Waals surface area contributed by atoms with Crippen LogP contribution in [0.4, 0.5) is 4.79 Å². The molecule has 184 valence electrons. The number of benzene rings is 2. The molecular formula is C28H32N2O5. The number of amides is 2. The number of fused-ring (bicyclic) bond motifs is 3. The molecule has 0 aromatic heterocycles. The number of carbonyl (C=O) groups is 3. The minimum Gasteiger partial charge on any atom is -0.480 e. The van der Waals surface area contributed by atoms with Crippen LogP contribution in [0.5, 0.6) is 0 Å². The summed E-state index contributed by atoms with van der Waals surface area (Å²) in [6, 6.07) is 15.1. The van der Waals surface area contributed by atoms with Gasteiger partial charge >= 0.3 is 12.1 Å². The maximum atomic E-state index is 13.1. The van der Waals surface area contributed by atoms with Crippen LogP contribution in [0.15, 0.2) is 48.5 Å². The molecule has 2 N–H and O–H groups in total. The van der Waals surface area contributed by atoms with Gasteiger partial charge in [0, 0.05) is 5.92 Å². The Labute approximate surface area is 206 Å². The molecule has 1 atom stereocenters. The van der Waals surface area contributed by atoms with Gasteiger partial charge in [-0.25, -0.2) is 4.79 Å². The highest BCUT2D eigenvalue weighted by Crippen LogP contribution is 2.44. The number of ether oxygens (including phenoxy) is 1. The molecule has 1 unspecified atom stereocenters. The van der Waals surface area contributed by atoms with Crippen molar-refractivity contribution in [2.45, 2.75) is 45.6 Å². The van der Waals surface area contributed by atoms with Gasteiger partial charge in [0.1, 0.15) is 19.2 Å². The van der Waals surface area contributed by atoms with Gasteiger partial charge in [0.2, 0.25) is 5.91 Å². The quantitative estimate of drug-likeness (QED) is 0.527. The third-order valence-corrected chi connectivity index (χ3v) is 6.04. The fourth-order valence-electron chi connectivity index (χ4n) is 4.32. The number of carboxylic acids is 1. The van der Waals surface area contributed by atoms with Gasteiger partial charge in [-0.3, -0.25) is 9.59 Å². The number of carbonyl (C=O) groups excluding carboxylic acids is 2. The van der Waals surface area contributed by atoms with E-state index in [2.05, 4.69) is 23.4 Å². The summed E-state index contributed by atoms with van der Waals surface area (Å²) in [5, 5.41) is 11.8. The van der Waals surface area contributed by atoms with Gasteiger partial charge in [-0.2, -0.15) is 0 Å². The monoisotopic (exact) mass is 476 g/mol. The second-order valence-electron chi connectivity index (χ2n) is 9.91. The van der Waals surface area contributed by atoms with Gasteiger partial charge in [0.25, 0.3) is 0 Å². The summed E-state index contributed by atoms with van der Waals surface area (Å²) >= 11 is 0. The van der Waals surface area contributed by atoms with Crippen LogP contribution in [0.3, 0.4) is 0 Å². The number of aliphatic carboxylic acids is 1. The normalized spacial score (nSPS) is 13.2. The maximum Gasteiger partial charge on any atom is 0.407 e. The van der Waals surface area contributed by atoms with Crippen molar-refractivity contribution in [3.05, 3.63) is 59.7 Å². The molecule has 3 rings (SSSR count). The molecule has 0 fully saturated rings. The maximum absolute atomic E-state index is 13.1. The van der Waals surface area contributed by atoms with E-state index in [0.717, 1.165) is 27.2 Å². The van der Waals surface area contributed by atoms with E-state index in [1.165, 1.54) is 0 Å². The largest absolute Gasteiger partial charge is 0.480 e. The van der Waals surface area contributed by atoms with Crippen LogP contribution in [0.25, 0.3) is 11.1 Å². The van der Waals surface area contributed by atoms with Gasteiger partial charge in [-0.05, 0) is 40.5 Å². The molecule has 2 aromatic rings. The summed E-state index contributed by atoms with van der Waals surface area (Å²) in [7, 11) is 0. The Kier molecular flexibility index (Phi) is 8.18. The number of nitrogens with zero attached hydrogens (tertiary/aromatic N) is 1. The van der Waals surface area contributed by atoms with Gasteiger partial charge in [-0.1, -0.05) is 75.2 Å². The van der Waals surface area contributed by atoms with E-state index >= 15 is 0 Å². The lowest BCUT2D eigenvalue weighted by Crippen LogP contribution is -2.50. The predicted molar refractivity (Wildman–Crippen MR) is 134 cm³/mol. The molecule has 2 amide bonds. The molecule has 35 heavy (non-hydrogen) atoms. The molecule has 0 bridgehead atoms. The standard InChI is InChI=1S/C28H32N2O5/c1-5-16-30(17-25(31)32)26(33)24(14-15-28(2,3)4)29-27(34)35-18-23-21-12-8-6-10-19(21)20-11-7-9-13-22(20)23/h1,6-13,23-24H,14-18H2,2-4H3,(H,29,34)(H,31,32). The summed E-state index contributed by atoms with van der Waals surface area (Å²) in [6.07, 6.45) is 5.56. The second-order valence-corrected chi connectivity index (χ2v) is 9.91. The Morgan fingerprint density at radius 1 is 1.09 bits per heavy atom. The number of rotatable bonds is 9. The Morgan fingerprint density at radius 2 is 1.66 bits per heavy atom. The molecule has 0 saturated carbocycles. The Balaban J connectivity index is 1.72. The van der Waals surface area contributed by atoms with Crippen LogP contribution < -0.4 is 5.32 Å². The van der Waals surface area contributed by atoms with E-state index < -0.39 is 30.6 Å². The zero-order chi connectivity index (χ0) is 25.6. The summed E-state index contributed by atoms with van der Waals surface area (Å²) in [6.45, 7) is 5.49. The number of terminal acetylenes is 1. The van der Waals surface area contributed by atoms with E-state index in [4.69, 9.17) is 11.2 Å². The number of nitrogens with one attached hydrogen (secondary N) is 1. The van der Waals surface area contributed by atoms with Crippen molar-refractivity contribution in [1.82, 2.24) is 10.2 Å². The fourth-order valence-corrected chi connectivity index (χ4v) is 4.32. The predicted octanol–water partition coefficient (Wildman–Crippen LogP) is 4.27. The molecular weight excluding hydrogens is 444 g/mol. The zero-order valence-electron chi connectivity index (χ0n) is 20.4. The molecule has 0 heterocycles. The lowest BCUT2D eigenvalue weighted by Gasteiger charge is -2.27. The SMILES string of the molecule is C#CCN(CC(=O)O)C(=O)C(CCC(C)(C)C)NC(=O)OCC1c2ccccc2-c2ccccc21. The number of hydrogen-bond donors (Lipinski definition) is 2. The van der Waals surface area contributed by atoms with Crippen molar-refractivity contribution in [2.24, 2.45) is 5.41 Å². The molecule has 7 nitrogen and oxygen atoms in total. The molecule has 0 spiro atoms. The summed E-state index contributed by atoms with van der Waals surface area (Å²) in [5.41, 5.74) is 4.32. The van der Waals surface area contributed by atoms with Crippen LogP contribution in [-0.2, 0) is 14.3 Å². The minimum atomic E-state index is -1.18. The molecule has 1 aliphatic carbocycles. The number of hydrogen-bond acceptors (Lipinski definition) is 4. The average molecular weight is 477 g/mol. The van der Waals surface area contributed by atoms with Gasteiger partial charge in [-0.15, -0.1) is 6.42 Å². The molecule has 7 heteroatoms.